The first-order valence-electron chi connectivity index (χ1n) is 9.32. The third-order valence-corrected chi connectivity index (χ3v) is 4.74. The van der Waals surface area contributed by atoms with Gasteiger partial charge in [-0.15, -0.1) is 0 Å². The van der Waals surface area contributed by atoms with Gasteiger partial charge in [-0.3, -0.25) is 9.59 Å². The van der Waals surface area contributed by atoms with E-state index in [1.165, 1.54) is 6.08 Å². The van der Waals surface area contributed by atoms with Crippen molar-refractivity contribution in [3.8, 4) is 0 Å². The molecule has 0 saturated heterocycles. The van der Waals surface area contributed by atoms with E-state index in [-0.39, 0.29) is 5.78 Å². The molecule has 0 aliphatic carbocycles. The zero-order valence-electron chi connectivity index (χ0n) is 16.2. The lowest BCUT2D eigenvalue weighted by molar-refractivity contribution is -0.137. The summed E-state index contributed by atoms with van der Waals surface area (Å²) in [5, 5.41) is 9.75. The standard InChI is InChI=1S/C26H22O3/c1-18(2)20-13-15-23(16-14-20)25(26(28)29)22-11-8-19(9-12-22)10-17-24(27)21-6-4-3-5-7-21/h3-17,25H,1H2,2H3,(H,28,29). The highest BCUT2D eigenvalue weighted by molar-refractivity contribution is 6.06. The summed E-state index contributed by atoms with van der Waals surface area (Å²) >= 11 is 0. The lowest BCUT2D eigenvalue weighted by atomic mass is 9.90. The van der Waals surface area contributed by atoms with Crippen molar-refractivity contribution in [3.63, 3.8) is 0 Å². The van der Waals surface area contributed by atoms with Crippen LogP contribution in [0.3, 0.4) is 0 Å². The Labute approximate surface area is 170 Å². The van der Waals surface area contributed by atoms with Crippen molar-refractivity contribution in [3.05, 3.63) is 119 Å². The Balaban J connectivity index is 1.79. The predicted molar refractivity (Wildman–Crippen MR) is 117 cm³/mol. The molecule has 0 heterocycles. The minimum Gasteiger partial charge on any atom is -0.481 e. The largest absolute Gasteiger partial charge is 0.481 e. The molecule has 3 nitrogen and oxygen atoms in total. The molecule has 0 saturated carbocycles. The molecule has 0 amide bonds. The highest BCUT2D eigenvalue weighted by Gasteiger charge is 2.21. The van der Waals surface area contributed by atoms with E-state index in [4.69, 9.17) is 0 Å². The van der Waals surface area contributed by atoms with Crippen LogP contribution in [0.5, 0.6) is 0 Å². The third kappa shape index (κ3) is 4.96. The van der Waals surface area contributed by atoms with Gasteiger partial charge in [0.2, 0.25) is 0 Å². The van der Waals surface area contributed by atoms with E-state index in [2.05, 4.69) is 6.58 Å². The fourth-order valence-electron chi connectivity index (χ4n) is 3.11. The summed E-state index contributed by atoms with van der Waals surface area (Å²) in [6.45, 7) is 5.82. The molecule has 3 aromatic carbocycles. The van der Waals surface area contributed by atoms with Crippen LogP contribution in [0.4, 0.5) is 0 Å². The predicted octanol–water partition coefficient (Wildman–Crippen LogP) is 5.83. The van der Waals surface area contributed by atoms with Gasteiger partial charge in [0.25, 0.3) is 0 Å². The van der Waals surface area contributed by atoms with Crippen LogP contribution in [0.1, 0.15) is 45.5 Å². The maximum atomic E-state index is 12.2. The summed E-state index contributed by atoms with van der Waals surface area (Å²) in [5.41, 5.74) is 4.78. The molecule has 0 radical (unpaired) electrons. The third-order valence-electron chi connectivity index (χ3n) is 4.74. The molecule has 0 aliphatic heterocycles. The fraction of sp³-hybridized carbons (Fsp3) is 0.0769. The Bertz CT molecular complexity index is 1040. The normalized spacial score (nSPS) is 11.9. The van der Waals surface area contributed by atoms with Crippen LogP contribution in [0, 0.1) is 0 Å². The van der Waals surface area contributed by atoms with Gasteiger partial charge in [0.1, 0.15) is 5.92 Å². The van der Waals surface area contributed by atoms with Gasteiger partial charge in [-0.1, -0.05) is 97.1 Å². The number of ketones is 1. The number of carboxylic acid groups (broad SMARTS) is 1. The molecule has 0 aliphatic rings. The molecule has 3 heteroatoms. The smallest absolute Gasteiger partial charge is 0.315 e. The number of carbonyl (C=O) groups excluding carboxylic acids is 1. The highest BCUT2D eigenvalue weighted by atomic mass is 16.4. The van der Waals surface area contributed by atoms with Crippen LogP contribution in [0.2, 0.25) is 0 Å². The van der Waals surface area contributed by atoms with Crippen molar-refractivity contribution in [1.82, 2.24) is 0 Å². The average molecular weight is 382 g/mol. The zero-order valence-corrected chi connectivity index (χ0v) is 16.2. The number of allylic oxidation sites excluding steroid dienone is 2. The summed E-state index contributed by atoms with van der Waals surface area (Å²) in [6, 6.07) is 23.7. The van der Waals surface area contributed by atoms with E-state index >= 15 is 0 Å². The number of aliphatic carboxylic acids is 1. The molecule has 1 atom stereocenters. The van der Waals surface area contributed by atoms with Crippen LogP contribution in [0.15, 0.2) is 91.5 Å². The van der Waals surface area contributed by atoms with Crippen molar-refractivity contribution < 1.29 is 14.7 Å². The fourth-order valence-corrected chi connectivity index (χ4v) is 3.11. The molecular formula is C26H22O3. The lowest BCUT2D eigenvalue weighted by Gasteiger charge is -2.14. The summed E-state index contributed by atoms with van der Waals surface area (Å²) in [6.07, 6.45) is 3.26. The van der Waals surface area contributed by atoms with Gasteiger partial charge >= 0.3 is 5.97 Å². The van der Waals surface area contributed by atoms with Crippen LogP contribution in [0.25, 0.3) is 11.6 Å². The lowest BCUT2D eigenvalue weighted by Crippen LogP contribution is -2.13. The van der Waals surface area contributed by atoms with Crippen molar-refractivity contribution >= 4 is 23.4 Å². The van der Waals surface area contributed by atoms with E-state index in [0.29, 0.717) is 16.7 Å². The average Bonchev–Trinajstić information content (AvgIpc) is 2.74. The number of benzene rings is 3. The number of carboxylic acids is 1. The van der Waals surface area contributed by atoms with E-state index in [0.717, 1.165) is 16.7 Å². The molecule has 0 bridgehead atoms. The summed E-state index contributed by atoms with van der Waals surface area (Å²) in [5.74, 6) is -1.73. The zero-order chi connectivity index (χ0) is 20.8. The maximum Gasteiger partial charge on any atom is 0.315 e. The van der Waals surface area contributed by atoms with E-state index in [9.17, 15) is 14.7 Å². The Morgan fingerprint density at radius 2 is 1.38 bits per heavy atom. The molecule has 144 valence electrons. The maximum absolute atomic E-state index is 12.2. The first kappa shape index (κ1) is 20.0. The second-order valence-corrected chi connectivity index (χ2v) is 6.90. The molecular weight excluding hydrogens is 360 g/mol. The van der Waals surface area contributed by atoms with Crippen molar-refractivity contribution in [1.29, 1.82) is 0 Å². The number of carbonyl (C=O) groups is 2. The Hall–Kier alpha value is -3.72. The molecule has 0 aromatic heterocycles. The molecule has 29 heavy (non-hydrogen) atoms. The van der Waals surface area contributed by atoms with Crippen molar-refractivity contribution in [2.24, 2.45) is 0 Å². The summed E-state index contributed by atoms with van der Waals surface area (Å²) in [4.78, 5) is 24.1. The van der Waals surface area contributed by atoms with Crippen LogP contribution < -0.4 is 0 Å². The second kappa shape index (κ2) is 8.98. The molecule has 1 unspecified atom stereocenters. The first-order valence-corrected chi connectivity index (χ1v) is 9.32. The molecule has 1 N–H and O–H groups in total. The molecule has 0 spiro atoms. The SMILES string of the molecule is C=C(C)c1ccc(C(C(=O)O)c2ccc(C=CC(=O)c3ccccc3)cc2)cc1. The summed E-state index contributed by atoms with van der Waals surface area (Å²) < 4.78 is 0. The Morgan fingerprint density at radius 3 is 1.90 bits per heavy atom. The number of hydrogen-bond donors (Lipinski definition) is 1. The van der Waals surface area contributed by atoms with Gasteiger partial charge in [0, 0.05) is 5.56 Å². The molecule has 0 fully saturated rings. The van der Waals surface area contributed by atoms with E-state index < -0.39 is 11.9 Å². The van der Waals surface area contributed by atoms with Gasteiger partial charge in [-0.05, 0) is 35.3 Å². The highest BCUT2D eigenvalue weighted by Crippen LogP contribution is 2.27. The van der Waals surface area contributed by atoms with Crippen LogP contribution in [-0.4, -0.2) is 16.9 Å². The van der Waals surface area contributed by atoms with E-state index in [1.807, 2.05) is 61.5 Å². The van der Waals surface area contributed by atoms with Crippen LogP contribution in [-0.2, 0) is 4.79 Å². The van der Waals surface area contributed by atoms with Gasteiger partial charge in [-0.2, -0.15) is 0 Å². The Morgan fingerprint density at radius 1 is 0.828 bits per heavy atom. The van der Waals surface area contributed by atoms with Gasteiger partial charge in [0.05, 0.1) is 0 Å². The number of hydrogen-bond acceptors (Lipinski definition) is 2. The molecule has 3 rings (SSSR count). The monoisotopic (exact) mass is 382 g/mol. The van der Waals surface area contributed by atoms with Crippen LogP contribution >= 0.6 is 0 Å². The minimum absolute atomic E-state index is 0.0734. The minimum atomic E-state index is -0.907. The van der Waals surface area contributed by atoms with Gasteiger partial charge in [0.15, 0.2) is 5.78 Å². The summed E-state index contributed by atoms with van der Waals surface area (Å²) in [7, 11) is 0. The van der Waals surface area contributed by atoms with Gasteiger partial charge < -0.3 is 5.11 Å². The van der Waals surface area contributed by atoms with E-state index in [1.54, 1.807) is 30.3 Å². The number of rotatable bonds is 7. The molecule has 3 aromatic rings. The first-order chi connectivity index (χ1) is 14.0. The quantitative estimate of drug-likeness (QED) is 0.413. The van der Waals surface area contributed by atoms with Crippen molar-refractivity contribution in [2.45, 2.75) is 12.8 Å². The van der Waals surface area contributed by atoms with Crippen molar-refractivity contribution in [2.75, 3.05) is 0 Å². The Kier molecular flexibility index (Phi) is 6.20. The topological polar surface area (TPSA) is 54.4 Å². The second-order valence-electron chi connectivity index (χ2n) is 6.90. The van der Waals surface area contributed by atoms with Gasteiger partial charge in [-0.25, -0.2) is 0 Å².